The zero-order valence-electron chi connectivity index (χ0n) is 12.0. The Labute approximate surface area is 139 Å². The number of rotatable bonds is 1. The highest BCUT2D eigenvalue weighted by molar-refractivity contribution is 6.42. The monoisotopic (exact) mass is 334 g/mol. The van der Waals surface area contributed by atoms with E-state index in [1.807, 2.05) is 18.2 Å². The van der Waals surface area contributed by atoms with Crippen LogP contribution < -0.4 is 10.2 Å². The highest BCUT2D eigenvalue weighted by atomic mass is 35.5. The van der Waals surface area contributed by atoms with Crippen LogP contribution in [-0.4, -0.2) is 12.6 Å². The molecule has 0 radical (unpaired) electrons. The van der Waals surface area contributed by atoms with Crippen molar-refractivity contribution < 1.29 is 4.79 Å². The molecule has 2 aromatic rings. The van der Waals surface area contributed by atoms with Gasteiger partial charge in [0.25, 0.3) is 0 Å². The molecule has 0 saturated heterocycles. The lowest BCUT2D eigenvalue weighted by Crippen LogP contribution is -2.35. The molecular weight excluding hydrogens is 319 g/mol. The summed E-state index contributed by atoms with van der Waals surface area (Å²) >= 11 is 11.9. The van der Waals surface area contributed by atoms with E-state index in [-0.39, 0.29) is 6.03 Å². The lowest BCUT2D eigenvalue weighted by molar-refractivity contribution is 0.257. The fraction of sp³-hybridized carbons (Fsp3) is 0.235. The third kappa shape index (κ3) is 3.21. The minimum absolute atomic E-state index is 0.146. The Morgan fingerprint density at radius 3 is 2.68 bits per heavy atom. The van der Waals surface area contributed by atoms with Gasteiger partial charge in [-0.2, -0.15) is 0 Å². The van der Waals surface area contributed by atoms with Crippen LogP contribution in [0.15, 0.2) is 42.5 Å². The van der Waals surface area contributed by atoms with Gasteiger partial charge in [-0.1, -0.05) is 41.4 Å². The lowest BCUT2D eigenvalue weighted by atomic mass is 10.1. The molecule has 0 aromatic heterocycles. The van der Waals surface area contributed by atoms with Crippen molar-refractivity contribution in [3.05, 3.63) is 58.1 Å². The molecule has 3 rings (SSSR count). The van der Waals surface area contributed by atoms with E-state index >= 15 is 0 Å². The van der Waals surface area contributed by atoms with Crippen molar-refractivity contribution in [3.8, 4) is 0 Å². The number of hydrogen-bond acceptors (Lipinski definition) is 1. The summed E-state index contributed by atoms with van der Waals surface area (Å²) in [5.41, 5.74) is 2.84. The Bertz CT molecular complexity index is 703. The van der Waals surface area contributed by atoms with Crippen LogP contribution in [0.2, 0.25) is 10.0 Å². The summed E-state index contributed by atoms with van der Waals surface area (Å²) in [4.78, 5) is 14.4. The molecule has 1 N–H and O–H groups in total. The van der Waals surface area contributed by atoms with Gasteiger partial charge in [0.05, 0.1) is 10.0 Å². The highest BCUT2D eigenvalue weighted by Crippen LogP contribution is 2.28. The smallest absolute Gasteiger partial charge is 0.307 e. The molecule has 114 valence electrons. The largest absolute Gasteiger partial charge is 0.326 e. The number of amides is 2. The molecule has 5 heteroatoms. The molecule has 0 unspecified atom stereocenters. The standard InChI is InChI=1S/C17H16Cl2N2O/c18-14-9-8-13(11-15(14)19)20-17(22)21-10-4-3-6-12-5-1-2-7-16(12)21/h1-2,5,7-9,11H,3-4,6,10H2,(H,20,22). The van der Waals surface area contributed by atoms with Crippen LogP contribution in [0.4, 0.5) is 16.2 Å². The van der Waals surface area contributed by atoms with E-state index in [1.54, 1.807) is 23.1 Å². The average Bonchev–Trinajstić information content (AvgIpc) is 2.73. The Kier molecular flexibility index (Phi) is 4.55. The molecule has 1 aliphatic rings. The first-order valence-electron chi connectivity index (χ1n) is 7.26. The van der Waals surface area contributed by atoms with Gasteiger partial charge in [-0.15, -0.1) is 0 Å². The minimum atomic E-state index is -0.146. The zero-order valence-corrected chi connectivity index (χ0v) is 13.5. The van der Waals surface area contributed by atoms with E-state index in [0.29, 0.717) is 22.3 Å². The maximum absolute atomic E-state index is 12.6. The van der Waals surface area contributed by atoms with Gasteiger partial charge in [0.15, 0.2) is 0 Å². The van der Waals surface area contributed by atoms with Gasteiger partial charge < -0.3 is 5.32 Å². The summed E-state index contributed by atoms with van der Waals surface area (Å²) in [6.45, 7) is 0.712. The van der Waals surface area contributed by atoms with Gasteiger partial charge in [-0.3, -0.25) is 4.90 Å². The first kappa shape index (κ1) is 15.2. The lowest BCUT2D eigenvalue weighted by Gasteiger charge is -2.23. The molecule has 2 aromatic carbocycles. The summed E-state index contributed by atoms with van der Waals surface area (Å²) in [6, 6.07) is 13.0. The molecule has 0 saturated carbocycles. The van der Waals surface area contributed by atoms with Crippen molar-refractivity contribution in [3.63, 3.8) is 0 Å². The van der Waals surface area contributed by atoms with E-state index in [1.165, 1.54) is 5.56 Å². The highest BCUT2D eigenvalue weighted by Gasteiger charge is 2.20. The molecule has 0 fully saturated rings. The predicted octanol–water partition coefficient (Wildman–Crippen LogP) is 5.37. The third-order valence-corrected chi connectivity index (χ3v) is 4.52. The average molecular weight is 335 g/mol. The molecule has 0 aliphatic carbocycles. The minimum Gasteiger partial charge on any atom is -0.307 e. The van der Waals surface area contributed by atoms with Gasteiger partial charge in [-0.25, -0.2) is 4.79 Å². The topological polar surface area (TPSA) is 32.3 Å². The van der Waals surface area contributed by atoms with Crippen molar-refractivity contribution in [2.45, 2.75) is 19.3 Å². The van der Waals surface area contributed by atoms with E-state index in [2.05, 4.69) is 11.4 Å². The first-order chi connectivity index (χ1) is 10.6. The molecule has 0 atom stereocenters. The summed E-state index contributed by atoms with van der Waals surface area (Å²) in [5.74, 6) is 0. The van der Waals surface area contributed by atoms with E-state index in [0.717, 1.165) is 24.9 Å². The molecule has 0 spiro atoms. The van der Waals surface area contributed by atoms with Gasteiger partial charge in [0.1, 0.15) is 0 Å². The number of nitrogens with one attached hydrogen (secondary N) is 1. The summed E-state index contributed by atoms with van der Waals surface area (Å²) < 4.78 is 0. The molecule has 3 nitrogen and oxygen atoms in total. The maximum Gasteiger partial charge on any atom is 0.326 e. The van der Waals surface area contributed by atoms with Crippen LogP contribution in [0, 0.1) is 0 Å². The number of anilines is 2. The van der Waals surface area contributed by atoms with Crippen molar-refractivity contribution in [1.29, 1.82) is 0 Å². The normalized spacial score (nSPS) is 14.2. The van der Waals surface area contributed by atoms with Crippen LogP contribution in [0.1, 0.15) is 18.4 Å². The molecule has 1 aliphatic heterocycles. The fourth-order valence-corrected chi connectivity index (χ4v) is 2.97. The van der Waals surface area contributed by atoms with E-state index in [9.17, 15) is 4.79 Å². The van der Waals surface area contributed by atoms with Crippen molar-refractivity contribution in [2.75, 3.05) is 16.8 Å². The third-order valence-electron chi connectivity index (χ3n) is 3.78. The number of fused-ring (bicyclic) bond motifs is 1. The number of carbonyl (C=O) groups excluding carboxylic acids is 1. The maximum atomic E-state index is 12.6. The van der Waals surface area contributed by atoms with Gasteiger partial charge in [-0.05, 0) is 49.1 Å². The quantitative estimate of drug-likeness (QED) is 0.747. The molecule has 0 bridgehead atoms. The second kappa shape index (κ2) is 6.59. The number of nitrogens with zero attached hydrogens (tertiary/aromatic N) is 1. The second-order valence-corrected chi connectivity index (χ2v) is 6.11. The number of carbonyl (C=O) groups is 1. The molecule has 2 amide bonds. The van der Waals surface area contributed by atoms with Gasteiger partial charge >= 0.3 is 6.03 Å². The SMILES string of the molecule is O=C(Nc1ccc(Cl)c(Cl)c1)N1CCCCc2ccccc21. The summed E-state index contributed by atoms with van der Waals surface area (Å²) in [6.07, 6.45) is 3.09. The van der Waals surface area contributed by atoms with Crippen LogP contribution >= 0.6 is 23.2 Å². The molecular formula is C17H16Cl2N2O. The van der Waals surface area contributed by atoms with Gasteiger partial charge in [0.2, 0.25) is 0 Å². The number of aryl methyl sites for hydroxylation is 1. The Morgan fingerprint density at radius 2 is 1.86 bits per heavy atom. The number of benzene rings is 2. The number of para-hydroxylation sites is 1. The van der Waals surface area contributed by atoms with E-state index < -0.39 is 0 Å². The van der Waals surface area contributed by atoms with Gasteiger partial charge in [0, 0.05) is 17.9 Å². The Hall–Kier alpha value is -1.71. The Morgan fingerprint density at radius 1 is 1.05 bits per heavy atom. The Balaban J connectivity index is 1.84. The van der Waals surface area contributed by atoms with Crippen LogP contribution in [0.3, 0.4) is 0 Å². The van der Waals surface area contributed by atoms with Crippen molar-refractivity contribution in [2.24, 2.45) is 0 Å². The number of halogens is 2. The predicted molar refractivity (Wildman–Crippen MR) is 92.2 cm³/mol. The van der Waals surface area contributed by atoms with Crippen LogP contribution in [0.5, 0.6) is 0 Å². The van der Waals surface area contributed by atoms with Crippen LogP contribution in [0.25, 0.3) is 0 Å². The van der Waals surface area contributed by atoms with Crippen LogP contribution in [-0.2, 0) is 6.42 Å². The molecule has 22 heavy (non-hydrogen) atoms. The number of urea groups is 1. The first-order valence-corrected chi connectivity index (χ1v) is 8.02. The van der Waals surface area contributed by atoms with E-state index in [4.69, 9.17) is 23.2 Å². The fourth-order valence-electron chi connectivity index (χ4n) is 2.67. The van der Waals surface area contributed by atoms with Crippen molar-refractivity contribution in [1.82, 2.24) is 0 Å². The zero-order chi connectivity index (χ0) is 15.5. The second-order valence-electron chi connectivity index (χ2n) is 5.30. The van der Waals surface area contributed by atoms with Crippen molar-refractivity contribution >= 4 is 40.6 Å². The number of hydrogen-bond donors (Lipinski definition) is 1. The summed E-state index contributed by atoms with van der Waals surface area (Å²) in [7, 11) is 0. The molecule has 1 heterocycles. The summed E-state index contributed by atoms with van der Waals surface area (Å²) in [5, 5.41) is 3.79.